The molecule has 1 atom stereocenters. The molecule has 1 aliphatic heterocycles. The predicted molar refractivity (Wildman–Crippen MR) is 103 cm³/mol. The smallest absolute Gasteiger partial charge is 0.234 e. The molecule has 7 heteroatoms. The molecule has 1 aliphatic rings. The van der Waals surface area contributed by atoms with E-state index in [2.05, 4.69) is 24.1 Å². The summed E-state index contributed by atoms with van der Waals surface area (Å²) in [7, 11) is 1.84. The van der Waals surface area contributed by atoms with E-state index in [0.717, 1.165) is 19.6 Å². The molecule has 1 fully saturated rings. The Labute approximate surface area is 161 Å². The molecule has 1 heterocycles. The zero-order valence-electron chi connectivity index (χ0n) is 16.6. The number of benzene rings is 1. The number of likely N-dealkylation sites (N-methyl/N-ethyl adjacent to an activating group) is 1. The van der Waals surface area contributed by atoms with Gasteiger partial charge in [-0.05, 0) is 25.1 Å². The Morgan fingerprint density at radius 3 is 2.96 bits per heavy atom. The van der Waals surface area contributed by atoms with Crippen LogP contribution in [0.5, 0.6) is 5.75 Å². The summed E-state index contributed by atoms with van der Waals surface area (Å²) in [5.41, 5.74) is 0. The van der Waals surface area contributed by atoms with Gasteiger partial charge in [-0.25, -0.2) is 4.39 Å². The molecule has 1 aromatic rings. The molecule has 6 nitrogen and oxygen atoms in total. The maximum absolute atomic E-state index is 13.5. The standard InChI is InChI=1S/C20H32FN3O3/c1-16(2)13-24-9-11-26-17(14-24)12-22-20(25)15-23(3)8-10-27-19-7-5-4-6-18(19)21/h4-7,16-17H,8-15H2,1-3H3,(H,22,25). The van der Waals surface area contributed by atoms with Crippen molar-refractivity contribution in [2.24, 2.45) is 5.92 Å². The first-order valence-corrected chi connectivity index (χ1v) is 9.60. The van der Waals surface area contributed by atoms with Gasteiger partial charge in [-0.15, -0.1) is 0 Å². The number of carbonyl (C=O) groups excluding carboxylic acids is 1. The molecule has 1 unspecified atom stereocenters. The zero-order chi connectivity index (χ0) is 19.6. The number of hydrogen-bond donors (Lipinski definition) is 1. The van der Waals surface area contributed by atoms with Gasteiger partial charge in [0.2, 0.25) is 5.91 Å². The number of nitrogens with zero attached hydrogens (tertiary/aromatic N) is 2. The van der Waals surface area contributed by atoms with E-state index in [9.17, 15) is 9.18 Å². The fourth-order valence-corrected chi connectivity index (χ4v) is 3.07. The fraction of sp³-hybridized carbons (Fsp3) is 0.650. The van der Waals surface area contributed by atoms with Gasteiger partial charge in [0.1, 0.15) is 6.61 Å². The van der Waals surface area contributed by atoms with Crippen LogP contribution in [0.4, 0.5) is 4.39 Å². The fourth-order valence-electron chi connectivity index (χ4n) is 3.07. The van der Waals surface area contributed by atoms with Gasteiger partial charge in [-0.2, -0.15) is 0 Å². The van der Waals surface area contributed by atoms with Crippen LogP contribution in [0.2, 0.25) is 0 Å². The Morgan fingerprint density at radius 1 is 1.44 bits per heavy atom. The SMILES string of the molecule is CC(C)CN1CCOC(CNC(=O)CN(C)CCOc2ccccc2F)C1. The average molecular weight is 381 g/mol. The molecule has 2 rings (SSSR count). The average Bonchev–Trinajstić information content (AvgIpc) is 2.61. The summed E-state index contributed by atoms with van der Waals surface area (Å²) in [6.45, 7) is 9.62. The Bertz CT molecular complexity index is 585. The van der Waals surface area contributed by atoms with Crippen molar-refractivity contribution >= 4 is 5.91 Å². The number of amides is 1. The lowest BCUT2D eigenvalue weighted by atomic mass is 10.2. The van der Waals surface area contributed by atoms with Crippen LogP contribution in [0.15, 0.2) is 24.3 Å². The number of rotatable bonds is 10. The van der Waals surface area contributed by atoms with Gasteiger partial charge in [0.15, 0.2) is 11.6 Å². The third kappa shape index (κ3) is 8.24. The molecule has 1 amide bonds. The summed E-state index contributed by atoms with van der Waals surface area (Å²) in [4.78, 5) is 16.4. The second kappa shape index (κ2) is 11.2. The summed E-state index contributed by atoms with van der Waals surface area (Å²) in [5.74, 6) is 0.430. The van der Waals surface area contributed by atoms with Crippen LogP contribution >= 0.6 is 0 Å². The molecule has 1 saturated heterocycles. The summed E-state index contributed by atoms with van der Waals surface area (Å²) >= 11 is 0. The first-order chi connectivity index (χ1) is 12.9. The van der Waals surface area contributed by atoms with Gasteiger partial charge in [0.05, 0.1) is 19.3 Å². The van der Waals surface area contributed by atoms with E-state index in [0.29, 0.717) is 32.2 Å². The van der Waals surface area contributed by atoms with Gasteiger partial charge in [0, 0.05) is 32.7 Å². The minimum Gasteiger partial charge on any atom is -0.489 e. The summed E-state index contributed by atoms with van der Waals surface area (Å²) < 4.78 is 24.6. The van der Waals surface area contributed by atoms with Gasteiger partial charge < -0.3 is 14.8 Å². The van der Waals surface area contributed by atoms with Crippen molar-refractivity contribution in [3.8, 4) is 5.75 Å². The zero-order valence-corrected chi connectivity index (χ0v) is 16.6. The highest BCUT2D eigenvalue weighted by atomic mass is 19.1. The van der Waals surface area contributed by atoms with Crippen LogP contribution in [0, 0.1) is 11.7 Å². The normalized spacial score (nSPS) is 18.1. The lowest BCUT2D eigenvalue weighted by molar-refractivity contribution is -0.123. The number of para-hydroxylation sites is 1. The number of halogens is 1. The third-order valence-corrected chi connectivity index (χ3v) is 4.35. The lowest BCUT2D eigenvalue weighted by Gasteiger charge is -2.34. The van der Waals surface area contributed by atoms with Gasteiger partial charge >= 0.3 is 0 Å². The van der Waals surface area contributed by atoms with E-state index in [1.165, 1.54) is 6.07 Å². The van der Waals surface area contributed by atoms with E-state index in [1.54, 1.807) is 18.2 Å². The van der Waals surface area contributed by atoms with Gasteiger partial charge in [-0.3, -0.25) is 14.6 Å². The van der Waals surface area contributed by atoms with Crippen LogP contribution in [0.3, 0.4) is 0 Å². The molecular formula is C20H32FN3O3. The van der Waals surface area contributed by atoms with Crippen molar-refractivity contribution < 1.29 is 18.7 Å². The van der Waals surface area contributed by atoms with Crippen LogP contribution in [-0.4, -0.2) is 81.3 Å². The minimum atomic E-state index is -0.378. The topological polar surface area (TPSA) is 54.0 Å². The molecular weight excluding hydrogens is 349 g/mol. The summed E-state index contributed by atoms with van der Waals surface area (Å²) in [5, 5.41) is 2.94. The van der Waals surface area contributed by atoms with Crippen LogP contribution in [0.25, 0.3) is 0 Å². The number of carbonyl (C=O) groups is 1. The van der Waals surface area contributed by atoms with E-state index in [1.807, 2.05) is 11.9 Å². The van der Waals surface area contributed by atoms with Crippen molar-refractivity contribution in [2.75, 3.05) is 59.5 Å². The van der Waals surface area contributed by atoms with E-state index < -0.39 is 0 Å². The molecule has 152 valence electrons. The van der Waals surface area contributed by atoms with Crippen molar-refractivity contribution in [1.82, 2.24) is 15.1 Å². The number of hydrogen-bond acceptors (Lipinski definition) is 5. The number of morpholine rings is 1. The van der Waals surface area contributed by atoms with Crippen molar-refractivity contribution in [1.29, 1.82) is 0 Å². The van der Waals surface area contributed by atoms with Gasteiger partial charge in [0.25, 0.3) is 0 Å². The molecule has 0 saturated carbocycles. The Hall–Kier alpha value is -1.70. The van der Waals surface area contributed by atoms with Crippen LogP contribution < -0.4 is 10.1 Å². The van der Waals surface area contributed by atoms with Crippen LogP contribution in [-0.2, 0) is 9.53 Å². The third-order valence-electron chi connectivity index (χ3n) is 4.35. The van der Waals surface area contributed by atoms with E-state index in [4.69, 9.17) is 9.47 Å². The highest BCUT2D eigenvalue weighted by Crippen LogP contribution is 2.15. The van der Waals surface area contributed by atoms with Crippen molar-refractivity contribution in [2.45, 2.75) is 20.0 Å². The highest BCUT2D eigenvalue weighted by Gasteiger charge is 2.21. The number of nitrogens with one attached hydrogen (secondary N) is 1. The Morgan fingerprint density at radius 2 is 2.22 bits per heavy atom. The lowest BCUT2D eigenvalue weighted by Crippen LogP contribution is -2.49. The van der Waals surface area contributed by atoms with Crippen molar-refractivity contribution in [3.05, 3.63) is 30.1 Å². The predicted octanol–water partition coefficient (Wildman–Crippen LogP) is 1.61. The highest BCUT2D eigenvalue weighted by molar-refractivity contribution is 5.77. The maximum atomic E-state index is 13.5. The minimum absolute atomic E-state index is 0.0381. The van der Waals surface area contributed by atoms with Gasteiger partial charge in [-0.1, -0.05) is 26.0 Å². The largest absolute Gasteiger partial charge is 0.489 e. The molecule has 0 bridgehead atoms. The monoisotopic (exact) mass is 381 g/mol. The summed E-state index contributed by atoms with van der Waals surface area (Å²) in [6, 6.07) is 6.30. The first-order valence-electron chi connectivity index (χ1n) is 9.60. The summed E-state index contributed by atoms with van der Waals surface area (Å²) in [6.07, 6.45) is 0.0381. The quantitative estimate of drug-likeness (QED) is 0.667. The molecule has 27 heavy (non-hydrogen) atoms. The maximum Gasteiger partial charge on any atom is 0.234 e. The number of ether oxygens (including phenoxy) is 2. The Balaban J connectivity index is 1.61. The molecule has 0 radical (unpaired) electrons. The second-order valence-electron chi connectivity index (χ2n) is 7.47. The van der Waals surface area contributed by atoms with Crippen molar-refractivity contribution in [3.63, 3.8) is 0 Å². The first kappa shape index (κ1) is 21.6. The molecule has 0 aromatic heterocycles. The molecule has 1 aromatic carbocycles. The second-order valence-corrected chi connectivity index (χ2v) is 7.47. The molecule has 1 N–H and O–H groups in total. The van der Waals surface area contributed by atoms with E-state index in [-0.39, 0.29) is 30.1 Å². The molecule has 0 spiro atoms. The molecule has 0 aliphatic carbocycles. The van der Waals surface area contributed by atoms with E-state index >= 15 is 0 Å². The van der Waals surface area contributed by atoms with Crippen LogP contribution in [0.1, 0.15) is 13.8 Å². The Kier molecular flexibility index (Phi) is 8.97.